The molecule has 2 nitrogen and oxygen atoms in total. The van der Waals surface area contributed by atoms with Crippen LogP contribution in [-0.2, 0) is 4.74 Å². The zero-order chi connectivity index (χ0) is 10.6. The normalized spacial score (nSPS) is 12.6. The number of rotatable bonds is 4. The first-order valence-electron chi connectivity index (χ1n) is 4.66. The Balaban J connectivity index is 2.55. The van der Waals surface area contributed by atoms with Gasteiger partial charge in [-0.15, -0.1) is 0 Å². The fourth-order valence-corrected chi connectivity index (χ4v) is 1.43. The molecule has 1 atom stereocenters. The second-order valence-corrected chi connectivity index (χ2v) is 4.25. The highest BCUT2D eigenvalue weighted by atomic mass is 79.9. The molecule has 0 saturated heterocycles. The highest BCUT2D eigenvalue weighted by molar-refractivity contribution is 9.10. The number of hydrogen-bond acceptors (Lipinski definition) is 2. The van der Waals surface area contributed by atoms with Gasteiger partial charge >= 0.3 is 0 Å². The smallest absolute Gasteiger partial charge is 0.0715 e. The van der Waals surface area contributed by atoms with Crippen molar-refractivity contribution in [1.82, 2.24) is 0 Å². The standard InChI is InChI=1S/C11H16BrNO/c1-8-4-5-10(6-11(8)12)13-7-9(2)14-3/h4-6,9,13H,7H2,1-3H3. The molecule has 1 rings (SSSR count). The molecule has 0 heterocycles. The van der Waals surface area contributed by atoms with E-state index in [-0.39, 0.29) is 6.10 Å². The van der Waals surface area contributed by atoms with Crippen molar-refractivity contribution in [3.63, 3.8) is 0 Å². The zero-order valence-corrected chi connectivity index (χ0v) is 10.4. The van der Waals surface area contributed by atoms with Crippen LogP contribution in [0, 0.1) is 6.92 Å². The van der Waals surface area contributed by atoms with Crippen molar-refractivity contribution in [2.75, 3.05) is 19.0 Å². The fourth-order valence-electron chi connectivity index (χ4n) is 1.05. The Bertz CT molecular complexity index is 301. The van der Waals surface area contributed by atoms with E-state index in [4.69, 9.17) is 4.74 Å². The summed E-state index contributed by atoms with van der Waals surface area (Å²) >= 11 is 3.50. The Hall–Kier alpha value is -0.540. The molecule has 78 valence electrons. The lowest BCUT2D eigenvalue weighted by Gasteiger charge is -2.12. The van der Waals surface area contributed by atoms with E-state index in [1.54, 1.807) is 7.11 Å². The monoisotopic (exact) mass is 257 g/mol. The van der Waals surface area contributed by atoms with E-state index in [0.717, 1.165) is 16.7 Å². The Morgan fingerprint density at radius 2 is 2.21 bits per heavy atom. The number of nitrogens with one attached hydrogen (secondary N) is 1. The van der Waals surface area contributed by atoms with Crippen LogP contribution in [0.15, 0.2) is 22.7 Å². The third-order valence-corrected chi connectivity index (χ3v) is 3.02. The first kappa shape index (κ1) is 11.5. The molecule has 0 aliphatic rings. The molecule has 0 aromatic heterocycles. The first-order chi connectivity index (χ1) is 6.63. The molecule has 0 radical (unpaired) electrons. The van der Waals surface area contributed by atoms with Crippen molar-refractivity contribution in [2.45, 2.75) is 20.0 Å². The second-order valence-electron chi connectivity index (χ2n) is 3.39. The summed E-state index contributed by atoms with van der Waals surface area (Å²) < 4.78 is 6.28. The van der Waals surface area contributed by atoms with Gasteiger partial charge in [-0.25, -0.2) is 0 Å². The first-order valence-corrected chi connectivity index (χ1v) is 5.45. The van der Waals surface area contributed by atoms with E-state index in [0.29, 0.717) is 0 Å². The minimum Gasteiger partial charge on any atom is -0.382 e. The second kappa shape index (κ2) is 5.37. The quantitative estimate of drug-likeness (QED) is 0.895. The number of aryl methyl sites for hydroxylation is 1. The fraction of sp³-hybridized carbons (Fsp3) is 0.455. The molecule has 0 saturated carbocycles. The lowest BCUT2D eigenvalue weighted by atomic mass is 10.2. The van der Waals surface area contributed by atoms with Crippen LogP contribution < -0.4 is 5.32 Å². The molecule has 1 unspecified atom stereocenters. The number of halogens is 1. The minimum absolute atomic E-state index is 0.232. The van der Waals surface area contributed by atoms with Gasteiger partial charge < -0.3 is 10.1 Å². The van der Waals surface area contributed by atoms with Crippen molar-refractivity contribution < 1.29 is 4.74 Å². The average molecular weight is 258 g/mol. The molecular formula is C11H16BrNO. The van der Waals surface area contributed by atoms with Crippen molar-refractivity contribution in [1.29, 1.82) is 0 Å². The molecule has 0 aliphatic carbocycles. The largest absolute Gasteiger partial charge is 0.382 e. The molecule has 1 aromatic rings. The van der Waals surface area contributed by atoms with Gasteiger partial charge in [0.2, 0.25) is 0 Å². The zero-order valence-electron chi connectivity index (χ0n) is 8.80. The van der Waals surface area contributed by atoms with E-state index < -0.39 is 0 Å². The maximum atomic E-state index is 5.15. The molecule has 14 heavy (non-hydrogen) atoms. The Morgan fingerprint density at radius 1 is 1.50 bits per heavy atom. The van der Waals surface area contributed by atoms with Crippen LogP contribution in [0.25, 0.3) is 0 Å². The summed E-state index contributed by atoms with van der Waals surface area (Å²) in [4.78, 5) is 0. The van der Waals surface area contributed by atoms with Gasteiger partial charge in [0.15, 0.2) is 0 Å². The third-order valence-electron chi connectivity index (χ3n) is 2.17. The summed E-state index contributed by atoms with van der Waals surface area (Å²) in [6.07, 6.45) is 0.232. The van der Waals surface area contributed by atoms with Gasteiger partial charge in [-0.05, 0) is 31.5 Å². The molecule has 1 aromatic carbocycles. The van der Waals surface area contributed by atoms with E-state index in [9.17, 15) is 0 Å². The van der Waals surface area contributed by atoms with Crippen LogP contribution in [0.1, 0.15) is 12.5 Å². The Labute approximate surface area is 93.8 Å². The van der Waals surface area contributed by atoms with Crippen LogP contribution in [0.5, 0.6) is 0 Å². The number of benzene rings is 1. The van der Waals surface area contributed by atoms with Crippen molar-refractivity contribution in [3.8, 4) is 0 Å². The lowest BCUT2D eigenvalue weighted by Crippen LogP contribution is -2.17. The van der Waals surface area contributed by atoms with Crippen molar-refractivity contribution >= 4 is 21.6 Å². The number of ether oxygens (including phenoxy) is 1. The summed E-state index contributed by atoms with van der Waals surface area (Å²) in [6.45, 7) is 4.94. The summed E-state index contributed by atoms with van der Waals surface area (Å²) in [7, 11) is 1.72. The SMILES string of the molecule is COC(C)CNc1ccc(C)c(Br)c1. The predicted molar refractivity (Wildman–Crippen MR) is 63.8 cm³/mol. The van der Waals surface area contributed by atoms with Gasteiger partial charge in [0, 0.05) is 23.8 Å². The predicted octanol–water partition coefficient (Wildman–Crippen LogP) is 3.20. The molecule has 3 heteroatoms. The molecule has 1 N–H and O–H groups in total. The Morgan fingerprint density at radius 3 is 2.79 bits per heavy atom. The van der Waals surface area contributed by atoms with E-state index >= 15 is 0 Å². The van der Waals surface area contributed by atoms with Gasteiger partial charge in [-0.2, -0.15) is 0 Å². The highest BCUT2D eigenvalue weighted by Crippen LogP contribution is 2.20. The Kier molecular flexibility index (Phi) is 4.42. The molecule has 0 aliphatic heterocycles. The number of anilines is 1. The van der Waals surface area contributed by atoms with E-state index in [1.165, 1.54) is 5.56 Å². The molecular weight excluding hydrogens is 242 g/mol. The highest BCUT2D eigenvalue weighted by Gasteiger charge is 2.00. The van der Waals surface area contributed by atoms with Gasteiger partial charge in [0.05, 0.1) is 6.10 Å². The summed E-state index contributed by atoms with van der Waals surface area (Å²) in [5.74, 6) is 0. The molecule has 0 amide bonds. The number of methoxy groups -OCH3 is 1. The van der Waals surface area contributed by atoms with Crippen LogP contribution in [-0.4, -0.2) is 19.8 Å². The maximum Gasteiger partial charge on any atom is 0.0715 e. The minimum atomic E-state index is 0.232. The maximum absolute atomic E-state index is 5.15. The average Bonchev–Trinajstić information content (AvgIpc) is 2.19. The molecule has 0 bridgehead atoms. The summed E-state index contributed by atoms with van der Waals surface area (Å²) in [5, 5.41) is 3.31. The van der Waals surface area contributed by atoms with E-state index in [1.807, 2.05) is 6.92 Å². The lowest BCUT2D eigenvalue weighted by molar-refractivity contribution is 0.129. The van der Waals surface area contributed by atoms with E-state index in [2.05, 4.69) is 46.4 Å². The van der Waals surface area contributed by atoms with Crippen molar-refractivity contribution in [2.24, 2.45) is 0 Å². The van der Waals surface area contributed by atoms with Crippen LogP contribution in [0.4, 0.5) is 5.69 Å². The molecule has 0 fully saturated rings. The molecule has 0 spiro atoms. The van der Waals surface area contributed by atoms with Gasteiger partial charge in [0.25, 0.3) is 0 Å². The topological polar surface area (TPSA) is 21.3 Å². The van der Waals surface area contributed by atoms with Crippen LogP contribution in [0.2, 0.25) is 0 Å². The van der Waals surface area contributed by atoms with Gasteiger partial charge in [-0.1, -0.05) is 22.0 Å². The van der Waals surface area contributed by atoms with Crippen LogP contribution >= 0.6 is 15.9 Å². The third kappa shape index (κ3) is 3.31. The summed E-state index contributed by atoms with van der Waals surface area (Å²) in [5.41, 5.74) is 2.36. The summed E-state index contributed by atoms with van der Waals surface area (Å²) in [6, 6.07) is 6.24. The van der Waals surface area contributed by atoms with Crippen LogP contribution in [0.3, 0.4) is 0 Å². The van der Waals surface area contributed by atoms with Crippen molar-refractivity contribution in [3.05, 3.63) is 28.2 Å². The van der Waals surface area contributed by atoms with Gasteiger partial charge in [-0.3, -0.25) is 0 Å². The van der Waals surface area contributed by atoms with Gasteiger partial charge in [0.1, 0.15) is 0 Å². The number of hydrogen-bond donors (Lipinski definition) is 1.